The molecule has 1 aromatic rings. The molecule has 0 saturated heterocycles. The van der Waals surface area contributed by atoms with E-state index in [1.165, 1.54) is 6.92 Å². The third-order valence-electron chi connectivity index (χ3n) is 1.74. The Labute approximate surface area is 93.3 Å². The first-order chi connectivity index (χ1) is 7.08. The van der Waals surface area contributed by atoms with Gasteiger partial charge in [-0.15, -0.1) is 0 Å². The predicted octanol–water partition coefficient (Wildman–Crippen LogP) is 2.21. The lowest BCUT2D eigenvalue weighted by Crippen LogP contribution is -2.14. The summed E-state index contributed by atoms with van der Waals surface area (Å²) in [6, 6.07) is 7.53. The molecule has 0 unspecified atom stereocenters. The van der Waals surface area contributed by atoms with Gasteiger partial charge in [0.25, 0.3) is 0 Å². The number of nitrogens with one attached hydrogen (secondary N) is 1. The maximum Gasteiger partial charge on any atom is 0.234 e. The highest BCUT2D eigenvalue weighted by Gasteiger charge is 2.03. The molecule has 0 spiro atoms. The normalized spacial score (nSPS) is 9.73. The van der Waals surface area contributed by atoms with Crippen LogP contribution in [0.15, 0.2) is 24.3 Å². The van der Waals surface area contributed by atoms with Crippen LogP contribution in [0.5, 0.6) is 0 Å². The molecule has 0 aliphatic heterocycles. The number of hydrogen-bond acceptors (Lipinski definition) is 3. The molecular formula is C11H13NO2S. The highest BCUT2D eigenvalue weighted by molar-refractivity contribution is 8.14. The highest BCUT2D eigenvalue weighted by atomic mass is 32.2. The molecule has 1 N–H and O–H groups in total. The van der Waals surface area contributed by atoms with E-state index in [2.05, 4.69) is 5.32 Å². The maximum absolute atomic E-state index is 11.3. The van der Waals surface area contributed by atoms with Crippen LogP contribution in [-0.4, -0.2) is 16.8 Å². The molecule has 0 heterocycles. The summed E-state index contributed by atoms with van der Waals surface area (Å²) in [5.74, 6) is 0.0162. The Balaban J connectivity index is 2.44. The van der Waals surface area contributed by atoms with Crippen LogP contribution < -0.4 is 5.32 Å². The van der Waals surface area contributed by atoms with E-state index in [-0.39, 0.29) is 16.8 Å². The topological polar surface area (TPSA) is 46.2 Å². The summed E-state index contributed by atoms with van der Waals surface area (Å²) in [6.07, 6.45) is 0. The molecule has 0 saturated carbocycles. The van der Waals surface area contributed by atoms with Gasteiger partial charge in [0.05, 0.1) is 5.75 Å². The Hall–Kier alpha value is -1.29. The molecule has 0 fully saturated rings. The van der Waals surface area contributed by atoms with Gasteiger partial charge < -0.3 is 5.32 Å². The van der Waals surface area contributed by atoms with Crippen LogP contribution >= 0.6 is 11.8 Å². The second kappa shape index (κ2) is 5.56. The van der Waals surface area contributed by atoms with Gasteiger partial charge in [-0.3, -0.25) is 9.59 Å². The second-order valence-electron chi connectivity index (χ2n) is 3.19. The van der Waals surface area contributed by atoms with Gasteiger partial charge in [0.2, 0.25) is 5.91 Å². The third kappa shape index (κ3) is 4.65. The van der Waals surface area contributed by atoms with Crippen molar-refractivity contribution in [2.24, 2.45) is 0 Å². The van der Waals surface area contributed by atoms with Gasteiger partial charge >= 0.3 is 0 Å². The first-order valence-corrected chi connectivity index (χ1v) is 5.56. The monoisotopic (exact) mass is 223 g/mol. The summed E-state index contributed by atoms with van der Waals surface area (Å²) in [5.41, 5.74) is 1.90. The zero-order valence-corrected chi connectivity index (χ0v) is 9.56. The number of carbonyl (C=O) groups is 2. The fourth-order valence-corrected chi connectivity index (χ4v) is 1.41. The molecule has 1 amide bonds. The van der Waals surface area contributed by atoms with Gasteiger partial charge in [0.1, 0.15) is 0 Å². The van der Waals surface area contributed by atoms with E-state index in [0.717, 1.165) is 23.0 Å². The summed E-state index contributed by atoms with van der Waals surface area (Å²) in [7, 11) is 0. The molecule has 0 radical (unpaired) electrons. The van der Waals surface area contributed by atoms with Crippen molar-refractivity contribution in [3.63, 3.8) is 0 Å². The Bertz CT molecular complexity index is 359. The lowest BCUT2D eigenvalue weighted by atomic mass is 10.2. The van der Waals surface area contributed by atoms with Crippen molar-refractivity contribution in [3.05, 3.63) is 29.8 Å². The van der Waals surface area contributed by atoms with Crippen molar-refractivity contribution in [3.8, 4) is 0 Å². The fourth-order valence-electron chi connectivity index (χ4n) is 1.00. The fraction of sp³-hybridized carbons (Fsp3) is 0.273. The summed E-state index contributed by atoms with van der Waals surface area (Å²) in [6.45, 7) is 3.43. The van der Waals surface area contributed by atoms with Crippen LogP contribution in [0.4, 0.5) is 5.69 Å². The number of carbonyl (C=O) groups excluding carboxylic acids is 2. The minimum Gasteiger partial charge on any atom is -0.325 e. The first kappa shape index (κ1) is 11.8. The summed E-state index contributed by atoms with van der Waals surface area (Å²) < 4.78 is 0. The summed E-state index contributed by atoms with van der Waals surface area (Å²) >= 11 is 1.01. The minimum atomic E-state index is -0.154. The van der Waals surface area contributed by atoms with E-state index in [4.69, 9.17) is 0 Å². The van der Waals surface area contributed by atoms with Crippen molar-refractivity contribution < 1.29 is 9.59 Å². The predicted molar refractivity (Wildman–Crippen MR) is 62.9 cm³/mol. The van der Waals surface area contributed by atoms with E-state index >= 15 is 0 Å². The SMILES string of the molecule is CC(=O)SCC(=O)Nc1ccc(C)cc1. The van der Waals surface area contributed by atoms with Crippen LogP contribution in [-0.2, 0) is 9.59 Å². The molecule has 3 nitrogen and oxygen atoms in total. The number of anilines is 1. The average Bonchev–Trinajstić information content (AvgIpc) is 2.19. The number of thioether (sulfide) groups is 1. The first-order valence-electron chi connectivity index (χ1n) is 4.58. The molecule has 0 aliphatic carbocycles. The summed E-state index contributed by atoms with van der Waals surface area (Å²) in [5, 5.41) is 2.67. The van der Waals surface area contributed by atoms with Crippen LogP contribution in [0.3, 0.4) is 0 Å². The molecule has 1 rings (SSSR count). The molecular weight excluding hydrogens is 210 g/mol. The van der Waals surface area contributed by atoms with Crippen molar-refractivity contribution in [2.75, 3.05) is 11.1 Å². The van der Waals surface area contributed by atoms with Gasteiger partial charge in [-0.05, 0) is 19.1 Å². The smallest absolute Gasteiger partial charge is 0.234 e. The second-order valence-corrected chi connectivity index (χ2v) is 4.35. The number of benzene rings is 1. The molecule has 1 aromatic carbocycles. The molecule has 15 heavy (non-hydrogen) atoms. The molecule has 0 aliphatic rings. The average molecular weight is 223 g/mol. The van der Waals surface area contributed by atoms with Crippen molar-refractivity contribution in [1.29, 1.82) is 0 Å². The van der Waals surface area contributed by atoms with Gasteiger partial charge in [-0.2, -0.15) is 0 Å². The van der Waals surface area contributed by atoms with Gasteiger partial charge in [0, 0.05) is 12.6 Å². The van der Waals surface area contributed by atoms with Crippen LogP contribution in [0.25, 0.3) is 0 Å². The Morgan fingerprint density at radius 3 is 2.40 bits per heavy atom. The standard InChI is InChI=1S/C11H13NO2S/c1-8-3-5-10(6-4-8)12-11(14)7-15-9(2)13/h3-6H,7H2,1-2H3,(H,12,14). The van der Waals surface area contributed by atoms with E-state index in [9.17, 15) is 9.59 Å². The van der Waals surface area contributed by atoms with E-state index in [1.807, 2.05) is 31.2 Å². The number of rotatable bonds is 3. The van der Waals surface area contributed by atoms with Crippen molar-refractivity contribution >= 4 is 28.5 Å². The third-order valence-corrected chi connectivity index (χ3v) is 2.55. The lowest BCUT2D eigenvalue weighted by molar-refractivity contribution is -0.114. The number of hydrogen-bond donors (Lipinski definition) is 1. The van der Waals surface area contributed by atoms with Crippen molar-refractivity contribution in [1.82, 2.24) is 0 Å². The van der Waals surface area contributed by atoms with E-state index in [1.54, 1.807) is 0 Å². The minimum absolute atomic E-state index is 0.0472. The van der Waals surface area contributed by atoms with Crippen LogP contribution in [0.2, 0.25) is 0 Å². The van der Waals surface area contributed by atoms with Gasteiger partial charge in [0.15, 0.2) is 5.12 Å². The maximum atomic E-state index is 11.3. The van der Waals surface area contributed by atoms with E-state index < -0.39 is 0 Å². The largest absolute Gasteiger partial charge is 0.325 e. The molecule has 4 heteroatoms. The molecule has 80 valence electrons. The highest BCUT2D eigenvalue weighted by Crippen LogP contribution is 2.09. The van der Waals surface area contributed by atoms with Crippen LogP contribution in [0, 0.1) is 6.92 Å². The molecule has 0 atom stereocenters. The molecule has 0 bridgehead atoms. The quantitative estimate of drug-likeness (QED) is 0.854. The lowest BCUT2D eigenvalue weighted by Gasteiger charge is -2.03. The van der Waals surface area contributed by atoms with E-state index in [0.29, 0.717) is 0 Å². The zero-order valence-electron chi connectivity index (χ0n) is 8.74. The zero-order chi connectivity index (χ0) is 11.3. The Kier molecular flexibility index (Phi) is 4.37. The van der Waals surface area contributed by atoms with Crippen molar-refractivity contribution in [2.45, 2.75) is 13.8 Å². The summed E-state index contributed by atoms with van der Waals surface area (Å²) in [4.78, 5) is 21.9. The number of amides is 1. The van der Waals surface area contributed by atoms with Crippen LogP contribution in [0.1, 0.15) is 12.5 Å². The Morgan fingerprint density at radius 1 is 1.27 bits per heavy atom. The number of aryl methyl sites for hydroxylation is 1. The Morgan fingerprint density at radius 2 is 1.87 bits per heavy atom. The van der Waals surface area contributed by atoms with Gasteiger partial charge in [-0.1, -0.05) is 29.5 Å². The molecule has 0 aromatic heterocycles. The van der Waals surface area contributed by atoms with Gasteiger partial charge in [-0.25, -0.2) is 0 Å².